The van der Waals surface area contributed by atoms with Gasteiger partial charge in [0.05, 0.1) is 6.54 Å². The lowest BCUT2D eigenvalue weighted by molar-refractivity contribution is -0.0132. The third kappa shape index (κ3) is 5.13. The smallest absolute Gasteiger partial charge is 0.321 e. The lowest BCUT2D eigenvalue weighted by Crippen LogP contribution is -2.62. The van der Waals surface area contributed by atoms with Gasteiger partial charge in [-0.2, -0.15) is 0 Å². The van der Waals surface area contributed by atoms with E-state index in [1.807, 2.05) is 44.2 Å². The summed E-state index contributed by atoms with van der Waals surface area (Å²) in [5.74, 6) is 2.98. The van der Waals surface area contributed by atoms with Crippen molar-refractivity contribution in [3.05, 3.63) is 52.3 Å². The van der Waals surface area contributed by atoms with Crippen LogP contribution in [0.1, 0.15) is 55.5 Å². The van der Waals surface area contributed by atoms with Crippen molar-refractivity contribution in [1.29, 1.82) is 0 Å². The Morgan fingerprint density at radius 3 is 2.27 bits per heavy atom. The highest BCUT2D eigenvalue weighted by atomic mass is 35.5. The maximum Gasteiger partial charge on any atom is 0.321 e. The predicted octanol–water partition coefficient (Wildman–Crippen LogP) is 4.98. The molecular weight excluding hydrogens is 436 g/mol. The van der Waals surface area contributed by atoms with Crippen molar-refractivity contribution in [3.63, 3.8) is 0 Å². The normalized spacial score (nSPS) is 28.0. The molecule has 0 unspecified atom stereocenters. The van der Waals surface area contributed by atoms with Gasteiger partial charge in [-0.25, -0.2) is 19.8 Å². The van der Waals surface area contributed by atoms with Gasteiger partial charge in [0.1, 0.15) is 0 Å². The van der Waals surface area contributed by atoms with Crippen LogP contribution in [0.25, 0.3) is 0 Å². The number of aryl methyl sites for hydroxylation is 2. The number of urea groups is 1. The van der Waals surface area contributed by atoms with Crippen LogP contribution in [0.4, 0.5) is 10.7 Å². The summed E-state index contributed by atoms with van der Waals surface area (Å²) in [4.78, 5) is 26.6. The number of hydrogen-bond donors (Lipinski definition) is 3. The van der Waals surface area contributed by atoms with Gasteiger partial charge < -0.3 is 5.32 Å². The number of nitrogens with zero attached hydrogens (tertiary/aromatic N) is 3. The molecular formula is C25H31ClN6O. The van der Waals surface area contributed by atoms with E-state index < -0.39 is 0 Å². The summed E-state index contributed by atoms with van der Waals surface area (Å²) in [7, 11) is 0. The molecule has 6 rings (SSSR count). The number of carbonyl (C=O) groups is 1. The number of aliphatic imine (C=N–C) groups is 1. The van der Waals surface area contributed by atoms with E-state index in [0.29, 0.717) is 23.5 Å². The molecule has 4 aliphatic carbocycles. The Hall–Kier alpha value is -2.67. The molecule has 174 valence electrons. The number of amides is 2. The van der Waals surface area contributed by atoms with E-state index >= 15 is 0 Å². The lowest BCUT2D eigenvalue weighted by atomic mass is 9.53. The van der Waals surface area contributed by atoms with Crippen molar-refractivity contribution in [1.82, 2.24) is 20.6 Å². The monoisotopic (exact) mass is 466 g/mol. The zero-order valence-electron chi connectivity index (χ0n) is 19.2. The van der Waals surface area contributed by atoms with E-state index in [1.54, 1.807) is 0 Å². The van der Waals surface area contributed by atoms with Crippen molar-refractivity contribution in [3.8, 4) is 0 Å². The Labute approximate surface area is 199 Å². The fourth-order valence-corrected chi connectivity index (χ4v) is 6.63. The Morgan fingerprint density at radius 1 is 1.06 bits per heavy atom. The van der Waals surface area contributed by atoms with E-state index in [4.69, 9.17) is 11.6 Å². The van der Waals surface area contributed by atoms with Crippen molar-refractivity contribution < 1.29 is 4.79 Å². The number of benzene rings is 1. The molecule has 0 radical (unpaired) electrons. The number of halogens is 1. The summed E-state index contributed by atoms with van der Waals surface area (Å²) in [5, 5.41) is 10.0. The van der Waals surface area contributed by atoms with E-state index in [1.165, 1.54) is 19.3 Å². The highest BCUT2D eigenvalue weighted by Crippen LogP contribution is 2.55. The zero-order chi connectivity index (χ0) is 23.0. The number of hydrogen-bond acceptors (Lipinski definition) is 4. The van der Waals surface area contributed by atoms with Gasteiger partial charge in [0, 0.05) is 21.9 Å². The van der Waals surface area contributed by atoms with Gasteiger partial charge in [0.2, 0.25) is 11.9 Å². The minimum absolute atomic E-state index is 0.0803. The Bertz CT molecular complexity index is 1030. The average Bonchev–Trinajstić information content (AvgIpc) is 2.70. The van der Waals surface area contributed by atoms with E-state index in [0.717, 1.165) is 54.0 Å². The summed E-state index contributed by atoms with van der Waals surface area (Å²) in [6.45, 7) is 4.14. The lowest BCUT2D eigenvalue weighted by Gasteiger charge is -2.56. The molecule has 1 aromatic heterocycles. The van der Waals surface area contributed by atoms with Crippen molar-refractivity contribution >= 4 is 29.5 Å². The first-order valence-electron chi connectivity index (χ1n) is 11.8. The standard InChI is InChI=1S/C25H31ClN6O/c1-15-7-16(2)29-23(28-15)30-22(27-14-20-5-3-4-6-21(20)26)31-24(33)32-25-11-17-8-18(12-25)10-19(9-17)13-25/h3-7,17-19H,8-14H2,1-2H3,(H3,27,28,29,30,31,32,33). The molecule has 4 aliphatic rings. The van der Waals surface area contributed by atoms with Gasteiger partial charge in [-0.3, -0.25) is 10.6 Å². The summed E-state index contributed by atoms with van der Waals surface area (Å²) in [6, 6.07) is 9.23. The second kappa shape index (κ2) is 8.93. The highest BCUT2D eigenvalue weighted by molar-refractivity contribution is 6.31. The molecule has 4 saturated carbocycles. The number of aromatic nitrogens is 2. The minimum Gasteiger partial charge on any atom is -0.332 e. The van der Waals surface area contributed by atoms with Crippen LogP contribution < -0.4 is 16.0 Å². The third-order valence-electron chi connectivity index (χ3n) is 7.23. The number of nitrogens with one attached hydrogen (secondary N) is 3. The van der Waals surface area contributed by atoms with Gasteiger partial charge in [0.15, 0.2) is 0 Å². The van der Waals surface area contributed by atoms with Crippen LogP contribution in [-0.2, 0) is 6.54 Å². The van der Waals surface area contributed by atoms with Crippen molar-refractivity contribution in [2.24, 2.45) is 22.7 Å². The maximum atomic E-state index is 13.1. The molecule has 4 bridgehead atoms. The average molecular weight is 467 g/mol. The first-order chi connectivity index (χ1) is 15.9. The van der Waals surface area contributed by atoms with Crippen LogP contribution in [0.15, 0.2) is 35.3 Å². The summed E-state index contributed by atoms with van der Waals surface area (Å²) < 4.78 is 0. The molecule has 8 heteroatoms. The molecule has 0 aliphatic heterocycles. The summed E-state index contributed by atoms with van der Waals surface area (Å²) in [5.41, 5.74) is 2.48. The van der Waals surface area contributed by atoms with Gasteiger partial charge in [-0.1, -0.05) is 29.8 Å². The molecule has 33 heavy (non-hydrogen) atoms. The highest BCUT2D eigenvalue weighted by Gasteiger charge is 2.51. The third-order valence-corrected chi connectivity index (χ3v) is 7.60. The second-order valence-corrected chi connectivity index (χ2v) is 10.5. The van der Waals surface area contributed by atoms with Crippen LogP contribution in [0.2, 0.25) is 5.02 Å². The second-order valence-electron chi connectivity index (χ2n) is 10.1. The van der Waals surface area contributed by atoms with Crippen LogP contribution in [0, 0.1) is 31.6 Å². The van der Waals surface area contributed by atoms with Gasteiger partial charge >= 0.3 is 6.03 Å². The maximum absolute atomic E-state index is 13.1. The van der Waals surface area contributed by atoms with Gasteiger partial charge in [-0.15, -0.1) is 0 Å². The van der Waals surface area contributed by atoms with E-state index in [9.17, 15) is 4.79 Å². The molecule has 0 spiro atoms. The number of anilines is 1. The van der Waals surface area contributed by atoms with E-state index in [2.05, 4.69) is 30.9 Å². The SMILES string of the molecule is Cc1cc(C)nc(NC(=NCc2ccccc2Cl)NC(=O)NC23CC4CC(CC(C4)C2)C3)n1. The number of carbonyl (C=O) groups excluding carboxylic acids is 1. The molecule has 0 saturated heterocycles. The molecule has 1 heterocycles. The number of rotatable bonds is 4. The molecule has 7 nitrogen and oxygen atoms in total. The molecule has 1 aromatic carbocycles. The quantitative estimate of drug-likeness (QED) is 0.437. The van der Waals surface area contributed by atoms with Gasteiger partial charge in [-0.05, 0) is 87.8 Å². The number of guanidine groups is 1. The predicted molar refractivity (Wildman–Crippen MR) is 130 cm³/mol. The first-order valence-corrected chi connectivity index (χ1v) is 12.2. The van der Waals surface area contributed by atoms with Crippen LogP contribution in [0.5, 0.6) is 0 Å². The molecule has 0 atom stereocenters. The molecule has 2 aromatic rings. The first kappa shape index (κ1) is 22.1. The molecule has 4 fully saturated rings. The zero-order valence-corrected chi connectivity index (χ0v) is 20.0. The van der Waals surface area contributed by atoms with Crippen LogP contribution >= 0.6 is 11.6 Å². The minimum atomic E-state index is -0.230. The summed E-state index contributed by atoms with van der Waals surface area (Å²) >= 11 is 6.30. The van der Waals surface area contributed by atoms with E-state index in [-0.39, 0.29) is 11.6 Å². The Kier molecular flexibility index (Phi) is 5.99. The summed E-state index contributed by atoms with van der Waals surface area (Å²) in [6.07, 6.45) is 7.26. The Balaban J connectivity index is 1.33. The molecule has 3 N–H and O–H groups in total. The molecule has 2 amide bonds. The van der Waals surface area contributed by atoms with Crippen LogP contribution in [0.3, 0.4) is 0 Å². The fraction of sp³-hybridized carbons (Fsp3) is 0.520. The fourth-order valence-electron chi connectivity index (χ4n) is 6.43. The Morgan fingerprint density at radius 2 is 1.67 bits per heavy atom. The van der Waals surface area contributed by atoms with Gasteiger partial charge in [0.25, 0.3) is 0 Å². The largest absolute Gasteiger partial charge is 0.332 e. The van der Waals surface area contributed by atoms with Crippen LogP contribution in [-0.4, -0.2) is 27.5 Å². The topological polar surface area (TPSA) is 91.3 Å². The van der Waals surface area contributed by atoms with Crippen molar-refractivity contribution in [2.45, 2.75) is 64.5 Å². The van der Waals surface area contributed by atoms with Crippen molar-refractivity contribution in [2.75, 3.05) is 5.32 Å².